The van der Waals surface area contributed by atoms with Crippen molar-refractivity contribution >= 4 is 11.7 Å². The number of alkyl halides is 3. The van der Waals surface area contributed by atoms with E-state index in [0.717, 1.165) is 12.1 Å². The second-order valence-electron chi connectivity index (χ2n) is 6.63. The third-order valence-electron chi connectivity index (χ3n) is 4.48. The molecule has 0 saturated heterocycles. The quantitative estimate of drug-likeness (QED) is 0.555. The predicted molar refractivity (Wildman–Crippen MR) is 104 cm³/mol. The zero-order chi connectivity index (χ0) is 21.0. The maximum Gasteiger partial charge on any atom is 0.416 e. The van der Waals surface area contributed by atoms with E-state index in [1.165, 1.54) is 17.0 Å². The van der Waals surface area contributed by atoms with Crippen molar-refractivity contribution in [2.75, 3.05) is 7.05 Å². The molecule has 0 bridgehead atoms. The Labute approximate surface area is 166 Å². The van der Waals surface area contributed by atoms with Gasteiger partial charge in [0.1, 0.15) is 0 Å². The average Bonchev–Trinajstić information content (AvgIpc) is 2.73. The van der Waals surface area contributed by atoms with Crippen molar-refractivity contribution in [1.82, 2.24) is 4.90 Å². The summed E-state index contributed by atoms with van der Waals surface area (Å²) in [5.41, 5.74) is 1.28. The fraction of sp³-hybridized carbons (Fsp3) is 0.130. The minimum atomic E-state index is -4.39. The number of carbonyl (C=O) groups excluding carboxylic acids is 2. The number of carbonyl (C=O) groups is 2. The Morgan fingerprint density at radius 1 is 0.759 bits per heavy atom. The smallest absolute Gasteiger partial charge is 0.337 e. The number of hydrogen-bond acceptors (Lipinski definition) is 2. The Balaban J connectivity index is 1.67. The van der Waals surface area contributed by atoms with Crippen LogP contribution >= 0.6 is 0 Å². The van der Waals surface area contributed by atoms with E-state index in [1.807, 2.05) is 6.07 Å². The van der Waals surface area contributed by atoms with E-state index >= 15 is 0 Å². The van der Waals surface area contributed by atoms with Crippen LogP contribution in [0.2, 0.25) is 0 Å². The minimum absolute atomic E-state index is 0.136. The number of amides is 1. The first-order valence-corrected chi connectivity index (χ1v) is 8.87. The lowest BCUT2D eigenvalue weighted by Crippen LogP contribution is -2.26. The highest BCUT2D eigenvalue weighted by Crippen LogP contribution is 2.29. The van der Waals surface area contributed by atoms with E-state index in [2.05, 4.69) is 0 Å². The molecule has 0 unspecified atom stereocenters. The van der Waals surface area contributed by atoms with E-state index in [1.54, 1.807) is 55.6 Å². The molecule has 0 aliphatic heterocycles. The third kappa shape index (κ3) is 4.90. The van der Waals surface area contributed by atoms with Gasteiger partial charge in [-0.3, -0.25) is 9.59 Å². The molecule has 0 fully saturated rings. The molecule has 0 spiro atoms. The summed E-state index contributed by atoms with van der Waals surface area (Å²) in [5, 5.41) is 0. The van der Waals surface area contributed by atoms with Crippen LogP contribution in [0.3, 0.4) is 0 Å². The highest BCUT2D eigenvalue weighted by molar-refractivity contribution is 6.09. The van der Waals surface area contributed by atoms with Crippen LogP contribution in [0.5, 0.6) is 0 Å². The number of hydrogen-bond donors (Lipinski definition) is 0. The van der Waals surface area contributed by atoms with E-state index in [0.29, 0.717) is 22.3 Å². The number of benzene rings is 3. The van der Waals surface area contributed by atoms with Crippen molar-refractivity contribution < 1.29 is 22.8 Å². The van der Waals surface area contributed by atoms with Crippen LogP contribution in [0.15, 0.2) is 78.9 Å². The van der Waals surface area contributed by atoms with E-state index < -0.39 is 11.7 Å². The van der Waals surface area contributed by atoms with Crippen LogP contribution in [-0.2, 0) is 12.7 Å². The molecular formula is C23H18F3NO2. The molecule has 3 aromatic rings. The van der Waals surface area contributed by atoms with E-state index in [9.17, 15) is 22.8 Å². The highest BCUT2D eigenvalue weighted by atomic mass is 19.4. The van der Waals surface area contributed by atoms with Crippen LogP contribution in [0, 0.1) is 0 Å². The van der Waals surface area contributed by atoms with Gasteiger partial charge < -0.3 is 4.90 Å². The van der Waals surface area contributed by atoms with E-state index in [-0.39, 0.29) is 18.2 Å². The van der Waals surface area contributed by atoms with Crippen LogP contribution in [0.4, 0.5) is 13.2 Å². The van der Waals surface area contributed by atoms with Crippen molar-refractivity contribution in [3.63, 3.8) is 0 Å². The van der Waals surface area contributed by atoms with Crippen molar-refractivity contribution in [3.05, 3.63) is 107 Å². The molecule has 0 radical (unpaired) electrons. The van der Waals surface area contributed by atoms with Gasteiger partial charge in [0.05, 0.1) is 5.56 Å². The van der Waals surface area contributed by atoms with Gasteiger partial charge in [-0.1, -0.05) is 54.6 Å². The normalized spacial score (nSPS) is 11.2. The average molecular weight is 397 g/mol. The molecule has 0 aliphatic carbocycles. The summed E-state index contributed by atoms with van der Waals surface area (Å²) >= 11 is 0. The lowest BCUT2D eigenvalue weighted by atomic mass is 10.0. The van der Waals surface area contributed by atoms with Crippen molar-refractivity contribution in [1.29, 1.82) is 0 Å². The van der Waals surface area contributed by atoms with Gasteiger partial charge in [-0.15, -0.1) is 0 Å². The summed E-state index contributed by atoms with van der Waals surface area (Å²) in [6, 6.07) is 19.9. The molecule has 6 heteroatoms. The summed E-state index contributed by atoms with van der Waals surface area (Å²) in [6.45, 7) is 0.168. The Kier molecular flexibility index (Phi) is 5.82. The largest absolute Gasteiger partial charge is 0.416 e. The molecule has 3 rings (SSSR count). The Morgan fingerprint density at radius 3 is 1.83 bits per heavy atom. The predicted octanol–water partition coefficient (Wildman–Crippen LogP) is 5.21. The van der Waals surface area contributed by atoms with Crippen molar-refractivity contribution in [3.8, 4) is 0 Å². The molecule has 148 valence electrons. The SMILES string of the molecule is CN(Cc1ccc(C(F)(F)F)cc1)C(=O)c1ccc(C(=O)c2ccccc2)cc1. The Morgan fingerprint density at radius 2 is 1.28 bits per heavy atom. The first-order valence-electron chi connectivity index (χ1n) is 8.87. The summed E-state index contributed by atoms with van der Waals surface area (Å²) in [4.78, 5) is 26.4. The second kappa shape index (κ2) is 8.31. The molecule has 0 heterocycles. The van der Waals surface area contributed by atoms with Gasteiger partial charge in [0.25, 0.3) is 5.91 Å². The summed E-state index contributed by atoms with van der Waals surface area (Å²) in [6.07, 6.45) is -4.39. The van der Waals surface area contributed by atoms with Gasteiger partial charge in [-0.05, 0) is 29.8 Å². The van der Waals surface area contributed by atoms with E-state index in [4.69, 9.17) is 0 Å². The topological polar surface area (TPSA) is 37.4 Å². The highest BCUT2D eigenvalue weighted by Gasteiger charge is 2.30. The molecular weight excluding hydrogens is 379 g/mol. The van der Waals surface area contributed by atoms with Crippen LogP contribution in [0.1, 0.15) is 37.4 Å². The summed E-state index contributed by atoms with van der Waals surface area (Å²) in [7, 11) is 1.57. The first-order chi connectivity index (χ1) is 13.8. The monoisotopic (exact) mass is 397 g/mol. The molecule has 0 saturated carbocycles. The maximum absolute atomic E-state index is 12.6. The zero-order valence-corrected chi connectivity index (χ0v) is 15.6. The van der Waals surface area contributed by atoms with Gasteiger partial charge in [-0.25, -0.2) is 0 Å². The Hall–Kier alpha value is -3.41. The third-order valence-corrected chi connectivity index (χ3v) is 4.48. The lowest BCUT2D eigenvalue weighted by molar-refractivity contribution is -0.137. The maximum atomic E-state index is 12.6. The number of nitrogens with zero attached hydrogens (tertiary/aromatic N) is 1. The van der Waals surface area contributed by atoms with Crippen molar-refractivity contribution in [2.24, 2.45) is 0 Å². The van der Waals surface area contributed by atoms with Gasteiger partial charge in [0.2, 0.25) is 0 Å². The molecule has 0 aromatic heterocycles. The number of halogens is 3. The molecule has 3 aromatic carbocycles. The minimum Gasteiger partial charge on any atom is -0.337 e. The molecule has 0 aliphatic rings. The second-order valence-corrected chi connectivity index (χ2v) is 6.63. The molecule has 1 amide bonds. The molecule has 3 nitrogen and oxygen atoms in total. The first kappa shape index (κ1) is 20.3. The van der Waals surface area contributed by atoms with Crippen LogP contribution in [-0.4, -0.2) is 23.6 Å². The number of rotatable bonds is 5. The van der Waals surface area contributed by atoms with Crippen LogP contribution < -0.4 is 0 Å². The molecule has 0 atom stereocenters. The fourth-order valence-corrected chi connectivity index (χ4v) is 2.89. The standard InChI is InChI=1S/C23H18F3NO2/c1-27(15-16-7-13-20(14-8-16)23(24,25)26)22(29)19-11-9-18(10-12-19)21(28)17-5-3-2-4-6-17/h2-14H,15H2,1H3. The van der Waals surface area contributed by atoms with Crippen LogP contribution in [0.25, 0.3) is 0 Å². The Bertz CT molecular complexity index is 995. The summed E-state index contributed by atoms with van der Waals surface area (Å²) < 4.78 is 37.9. The van der Waals surface area contributed by atoms with Gasteiger partial charge in [-0.2, -0.15) is 13.2 Å². The van der Waals surface area contributed by atoms with Gasteiger partial charge in [0, 0.05) is 30.3 Å². The summed E-state index contributed by atoms with van der Waals surface area (Å²) in [5.74, 6) is -0.425. The lowest BCUT2D eigenvalue weighted by Gasteiger charge is -2.18. The molecule has 29 heavy (non-hydrogen) atoms. The zero-order valence-electron chi connectivity index (χ0n) is 15.6. The van der Waals surface area contributed by atoms with Crippen molar-refractivity contribution in [2.45, 2.75) is 12.7 Å². The fourth-order valence-electron chi connectivity index (χ4n) is 2.89. The number of ketones is 1. The van der Waals surface area contributed by atoms with Gasteiger partial charge in [0.15, 0.2) is 5.78 Å². The van der Waals surface area contributed by atoms with Gasteiger partial charge >= 0.3 is 6.18 Å². The molecule has 0 N–H and O–H groups in total.